The van der Waals surface area contributed by atoms with Gasteiger partial charge in [0.1, 0.15) is 10.8 Å². The fourth-order valence-corrected chi connectivity index (χ4v) is 2.42. The first-order chi connectivity index (χ1) is 9.97. The predicted octanol–water partition coefficient (Wildman–Crippen LogP) is 3.16. The van der Waals surface area contributed by atoms with Crippen LogP contribution in [0, 0.1) is 6.92 Å². The molecule has 0 fully saturated rings. The second-order valence-electron chi connectivity index (χ2n) is 4.63. The highest BCUT2D eigenvalue weighted by Gasteiger charge is 2.16. The monoisotopic (exact) mass is 323 g/mol. The molecule has 6 nitrogen and oxygen atoms in total. The minimum absolute atomic E-state index is 0.311. The van der Waals surface area contributed by atoms with Gasteiger partial charge in [0.25, 0.3) is 5.91 Å². The topological polar surface area (TPSA) is 75.6 Å². The van der Waals surface area contributed by atoms with E-state index >= 15 is 0 Å². The van der Waals surface area contributed by atoms with Gasteiger partial charge in [-0.3, -0.25) is 9.89 Å². The summed E-state index contributed by atoms with van der Waals surface area (Å²) in [5.41, 5.74) is 2.44. The highest BCUT2D eigenvalue weighted by molar-refractivity contribution is 6.42. The molecule has 8 heteroatoms. The highest BCUT2D eigenvalue weighted by Crippen LogP contribution is 2.26. The van der Waals surface area contributed by atoms with Crippen molar-refractivity contribution >= 4 is 45.8 Å². The van der Waals surface area contributed by atoms with Crippen LogP contribution in [0.15, 0.2) is 18.3 Å². The third-order valence-electron chi connectivity index (χ3n) is 3.21. The number of carbonyl (C=O) groups excluding carboxylic acids is 1. The van der Waals surface area contributed by atoms with Crippen LogP contribution in [-0.4, -0.2) is 25.7 Å². The molecule has 0 unspecified atom stereocenters. The van der Waals surface area contributed by atoms with Gasteiger partial charge < -0.3 is 9.88 Å². The van der Waals surface area contributed by atoms with E-state index in [4.69, 9.17) is 23.2 Å². The number of fused-ring (bicyclic) bond motifs is 1. The van der Waals surface area contributed by atoms with Gasteiger partial charge in [-0.05, 0) is 19.1 Å². The molecule has 3 heterocycles. The number of aromatic nitrogens is 4. The first kappa shape index (κ1) is 13.9. The number of carbonyl (C=O) groups is 1. The predicted molar refractivity (Wildman–Crippen MR) is 82.0 cm³/mol. The van der Waals surface area contributed by atoms with Gasteiger partial charge in [0.2, 0.25) is 0 Å². The molecular formula is C13H11Cl2N5O. The van der Waals surface area contributed by atoms with Crippen LogP contribution in [-0.2, 0) is 7.05 Å². The van der Waals surface area contributed by atoms with E-state index in [2.05, 4.69) is 20.5 Å². The van der Waals surface area contributed by atoms with Crippen LogP contribution < -0.4 is 5.32 Å². The average Bonchev–Trinajstić information content (AvgIpc) is 2.95. The smallest absolute Gasteiger partial charge is 0.272 e. The minimum atomic E-state index is -0.311. The number of nitrogens with zero attached hydrogens (tertiary/aromatic N) is 3. The number of hydrogen-bond donors (Lipinski definition) is 2. The van der Waals surface area contributed by atoms with Crippen molar-refractivity contribution in [2.45, 2.75) is 6.92 Å². The van der Waals surface area contributed by atoms with E-state index in [1.165, 1.54) is 10.6 Å². The van der Waals surface area contributed by atoms with Crippen LogP contribution in [0.2, 0.25) is 10.2 Å². The van der Waals surface area contributed by atoms with Crippen molar-refractivity contribution in [2.75, 3.05) is 5.32 Å². The number of halogens is 2. The van der Waals surface area contributed by atoms with Crippen molar-refractivity contribution in [3.05, 3.63) is 39.9 Å². The Balaban J connectivity index is 1.92. The first-order valence-corrected chi connectivity index (χ1v) is 6.85. The fourth-order valence-electron chi connectivity index (χ4n) is 2.04. The van der Waals surface area contributed by atoms with Gasteiger partial charge >= 0.3 is 0 Å². The maximum atomic E-state index is 12.3. The third-order valence-corrected chi connectivity index (χ3v) is 4.05. The molecule has 0 aliphatic rings. The van der Waals surface area contributed by atoms with Gasteiger partial charge in [-0.2, -0.15) is 5.10 Å². The van der Waals surface area contributed by atoms with Gasteiger partial charge in [0.05, 0.1) is 16.9 Å². The molecule has 2 N–H and O–H groups in total. The summed E-state index contributed by atoms with van der Waals surface area (Å²) in [4.78, 5) is 16.4. The summed E-state index contributed by atoms with van der Waals surface area (Å²) in [6.07, 6.45) is 1.55. The van der Waals surface area contributed by atoms with Crippen LogP contribution in [0.25, 0.3) is 11.0 Å². The summed E-state index contributed by atoms with van der Waals surface area (Å²) >= 11 is 11.9. The van der Waals surface area contributed by atoms with Gasteiger partial charge in [-0.1, -0.05) is 23.2 Å². The molecular weight excluding hydrogens is 313 g/mol. The van der Waals surface area contributed by atoms with Crippen molar-refractivity contribution in [3.8, 4) is 0 Å². The molecule has 21 heavy (non-hydrogen) atoms. The lowest BCUT2D eigenvalue weighted by atomic mass is 10.2. The molecule has 0 saturated heterocycles. The van der Waals surface area contributed by atoms with E-state index in [9.17, 15) is 4.79 Å². The maximum Gasteiger partial charge on any atom is 0.272 e. The Bertz CT molecular complexity index is 852. The summed E-state index contributed by atoms with van der Waals surface area (Å²) < 4.78 is 1.52. The third kappa shape index (κ3) is 2.36. The average molecular weight is 324 g/mol. The van der Waals surface area contributed by atoms with Crippen LogP contribution in [0.3, 0.4) is 0 Å². The zero-order valence-electron chi connectivity index (χ0n) is 11.2. The van der Waals surface area contributed by atoms with E-state index < -0.39 is 0 Å². The second-order valence-corrected chi connectivity index (χ2v) is 5.39. The van der Waals surface area contributed by atoms with Gasteiger partial charge in [0, 0.05) is 18.1 Å². The number of aromatic amines is 1. The number of anilines is 1. The molecule has 0 atom stereocenters. The number of aryl methyl sites for hydroxylation is 1. The molecule has 0 spiro atoms. The summed E-state index contributed by atoms with van der Waals surface area (Å²) in [7, 11) is 1.67. The number of hydrogen-bond acceptors (Lipinski definition) is 3. The van der Waals surface area contributed by atoms with Crippen molar-refractivity contribution in [1.82, 2.24) is 19.7 Å². The molecule has 3 rings (SSSR count). The molecule has 0 aliphatic carbocycles. The molecule has 0 aromatic carbocycles. The number of H-pyrrole nitrogens is 1. The SMILES string of the molecule is Cc1[nH]nc2ncc(NC(=O)c3cc(Cl)c(Cl)n3C)cc12. The Hall–Kier alpha value is -2.05. The Morgan fingerprint density at radius 3 is 2.81 bits per heavy atom. The fraction of sp³-hybridized carbons (Fsp3) is 0.154. The molecule has 0 saturated carbocycles. The standard InChI is InChI=1S/C13H11Cl2N5O/c1-6-8-3-7(5-16-12(8)19-18-6)17-13(21)10-4-9(14)11(15)20(10)2/h3-5H,1-2H3,(H,17,21)(H,16,18,19). The second kappa shape index (κ2) is 5.05. The van der Waals surface area contributed by atoms with E-state index in [0.29, 0.717) is 27.2 Å². The first-order valence-electron chi connectivity index (χ1n) is 6.10. The van der Waals surface area contributed by atoms with Gasteiger partial charge in [-0.25, -0.2) is 4.98 Å². The number of pyridine rings is 1. The highest BCUT2D eigenvalue weighted by atomic mass is 35.5. The van der Waals surface area contributed by atoms with Crippen molar-refractivity contribution in [3.63, 3.8) is 0 Å². The zero-order chi connectivity index (χ0) is 15.1. The Kier molecular flexibility index (Phi) is 3.35. The molecule has 0 radical (unpaired) electrons. The van der Waals surface area contributed by atoms with E-state index in [1.54, 1.807) is 13.2 Å². The molecule has 3 aromatic heterocycles. The molecule has 1 amide bonds. The lowest BCUT2D eigenvalue weighted by Gasteiger charge is -2.06. The number of amides is 1. The van der Waals surface area contributed by atoms with Gasteiger partial charge in [0.15, 0.2) is 5.65 Å². The summed E-state index contributed by atoms with van der Waals surface area (Å²) in [5.74, 6) is -0.311. The van der Waals surface area contributed by atoms with E-state index in [-0.39, 0.29) is 5.91 Å². The van der Waals surface area contributed by atoms with E-state index in [0.717, 1.165) is 11.1 Å². The zero-order valence-corrected chi connectivity index (χ0v) is 12.7. The molecule has 3 aromatic rings. The van der Waals surface area contributed by atoms with Crippen LogP contribution in [0.4, 0.5) is 5.69 Å². The quantitative estimate of drug-likeness (QED) is 0.760. The molecule has 0 bridgehead atoms. The Labute approximate surface area is 130 Å². The van der Waals surface area contributed by atoms with Crippen LogP contribution in [0.5, 0.6) is 0 Å². The Morgan fingerprint density at radius 1 is 1.38 bits per heavy atom. The largest absolute Gasteiger partial charge is 0.329 e. The van der Waals surface area contributed by atoms with Crippen molar-refractivity contribution in [1.29, 1.82) is 0 Å². The lowest BCUT2D eigenvalue weighted by molar-refractivity contribution is 0.101. The normalized spacial score (nSPS) is 11.0. The minimum Gasteiger partial charge on any atom is -0.329 e. The van der Waals surface area contributed by atoms with E-state index in [1.807, 2.05) is 13.0 Å². The van der Waals surface area contributed by atoms with Crippen molar-refractivity contribution in [2.24, 2.45) is 7.05 Å². The van der Waals surface area contributed by atoms with Crippen molar-refractivity contribution < 1.29 is 4.79 Å². The summed E-state index contributed by atoms with van der Waals surface area (Å²) in [6, 6.07) is 3.33. The number of nitrogens with one attached hydrogen (secondary N) is 2. The summed E-state index contributed by atoms with van der Waals surface area (Å²) in [5, 5.41) is 11.2. The Morgan fingerprint density at radius 2 is 2.14 bits per heavy atom. The number of rotatable bonds is 2. The van der Waals surface area contributed by atoms with Crippen LogP contribution in [0.1, 0.15) is 16.2 Å². The maximum absolute atomic E-state index is 12.3. The van der Waals surface area contributed by atoms with Crippen LogP contribution >= 0.6 is 23.2 Å². The lowest BCUT2D eigenvalue weighted by Crippen LogP contribution is -2.15. The summed E-state index contributed by atoms with van der Waals surface area (Å²) in [6.45, 7) is 1.89. The molecule has 108 valence electrons. The van der Waals surface area contributed by atoms with Gasteiger partial charge in [-0.15, -0.1) is 0 Å². The molecule has 0 aliphatic heterocycles.